The van der Waals surface area contributed by atoms with Crippen molar-refractivity contribution in [3.63, 3.8) is 0 Å². The topological polar surface area (TPSA) is 25.8 Å². The molecule has 2 aromatic rings. The molecule has 0 aliphatic carbocycles. The average molecular weight is 279 g/mol. The maximum absolute atomic E-state index is 13.4. The molecule has 0 N–H and O–H groups in total. The summed E-state index contributed by atoms with van der Waals surface area (Å²) < 4.78 is 39.2. The predicted octanol–water partition coefficient (Wildman–Crippen LogP) is 3.40. The van der Waals surface area contributed by atoms with E-state index in [0.717, 1.165) is 23.5 Å². The van der Waals surface area contributed by atoms with Gasteiger partial charge in [-0.3, -0.25) is 0 Å². The van der Waals surface area contributed by atoms with Gasteiger partial charge in [0.2, 0.25) is 0 Å². The summed E-state index contributed by atoms with van der Waals surface area (Å²) in [5.74, 6) is -3.61. The first-order chi connectivity index (χ1) is 8.13. The Morgan fingerprint density at radius 1 is 1.12 bits per heavy atom. The zero-order valence-corrected chi connectivity index (χ0v) is 9.96. The number of nitrogens with zero attached hydrogens (tertiary/aromatic N) is 2. The fourth-order valence-electron chi connectivity index (χ4n) is 1.24. The molecule has 1 aromatic carbocycles. The maximum atomic E-state index is 13.4. The molecule has 0 radical (unpaired) electrons. The highest BCUT2D eigenvalue weighted by atomic mass is 35.5. The van der Waals surface area contributed by atoms with Crippen LogP contribution in [0.3, 0.4) is 0 Å². The van der Waals surface area contributed by atoms with Crippen molar-refractivity contribution in [2.24, 2.45) is 0 Å². The summed E-state index contributed by atoms with van der Waals surface area (Å²) in [6, 6.07) is 2.00. The molecule has 90 valence electrons. The quantitative estimate of drug-likeness (QED) is 0.635. The lowest BCUT2D eigenvalue weighted by molar-refractivity contribution is 0.449. The first-order valence-corrected chi connectivity index (χ1v) is 6.00. The molecule has 0 saturated carbocycles. The van der Waals surface area contributed by atoms with Crippen LogP contribution in [-0.2, 0) is 6.42 Å². The molecule has 1 heterocycles. The summed E-state index contributed by atoms with van der Waals surface area (Å²) in [6.07, 6.45) is 0.504. The van der Waals surface area contributed by atoms with E-state index in [4.69, 9.17) is 11.6 Å². The second-order valence-corrected chi connectivity index (χ2v) is 4.60. The van der Waals surface area contributed by atoms with Crippen molar-refractivity contribution in [1.82, 2.24) is 10.2 Å². The monoisotopic (exact) mass is 278 g/mol. The van der Waals surface area contributed by atoms with Crippen LogP contribution >= 0.6 is 22.9 Å². The van der Waals surface area contributed by atoms with Crippen molar-refractivity contribution in [3.05, 3.63) is 34.6 Å². The molecule has 2 nitrogen and oxygen atoms in total. The van der Waals surface area contributed by atoms with Gasteiger partial charge < -0.3 is 0 Å². The molecular formula is C10H6ClF3N2S. The summed E-state index contributed by atoms with van der Waals surface area (Å²) in [5, 5.41) is 8.33. The Hall–Kier alpha value is -1.14. The molecule has 0 saturated heterocycles. The first kappa shape index (κ1) is 12.3. The van der Waals surface area contributed by atoms with Crippen LogP contribution in [0.25, 0.3) is 10.6 Å². The van der Waals surface area contributed by atoms with Crippen molar-refractivity contribution in [2.45, 2.75) is 6.42 Å². The highest BCUT2D eigenvalue weighted by molar-refractivity contribution is 7.14. The Balaban J connectivity index is 2.42. The molecule has 7 heteroatoms. The number of halogens is 4. The van der Waals surface area contributed by atoms with Crippen LogP contribution < -0.4 is 0 Å². The molecule has 2 rings (SSSR count). The minimum absolute atomic E-state index is 0.0952. The Bertz CT molecular complexity index is 544. The van der Waals surface area contributed by atoms with E-state index in [1.165, 1.54) is 0 Å². The predicted molar refractivity (Wildman–Crippen MR) is 59.6 cm³/mol. The Morgan fingerprint density at radius 3 is 2.59 bits per heavy atom. The first-order valence-electron chi connectivity index (χ1n) is 4.65. The highest BCUT2D eigenvalue weighted by Gasteiger charge is 2.17. The molecule has 17 heavy (non-hydrogen) atoms. The van der Waals surface area contributed by atoms with Gasteiger partial charge in [-0.1, -0.05) is 11.3 Å². The van der Waals surface area contributed by atoms with Gasteiger partial charge in [-0.2, -0.15) is 0 Å². The molecule has 0 spiro atoms. The van der Waals surface area contributed by atoms with Crippen LogP contribution in [-0.4, -0.2) is 16.1 Å². The van der Waals surface area contributed by atoms with Gasteiger partial charge in [0.05, 0.1) is 5.56 Å². The average Bonchev–Trinajstić information content (AvgIpc) is 2.75. The van der Waals surface area contributed by atoms with E-state index in [1.54, 1.807) is 0 Å². The molecule has 0 aliphatic heterocycles. The smallest absolute Gasteiger partial charge is 0.195 e. The van der Waals surface area contributed by atoms with Crippen molar-refractivity contribution >= 4 is 22.9 Å². The molecule has 0 amide bonds. The molecular weight excluding hydrogens is 273 g/mol. The van der Waals surface area contributed by atoms with Crippen LogP contribution in [0, 0.1) is 17.5 Å². The Labute approximate surface area is 104 Å². The molecule has 0 aliphatic rings. The lowest BCUT2D eigenvalue weighted by atomic mass is 10.2. The van der Waals surface area contributed by atoms with Crippen LogP contribution in [0.2, 0.25) is 0 Å². The number of rotatable bonds is 3. The third kappa shape index (κ3) is 2.42. The van der Waals surface area contributed by atoms with Crippen molar-refractivity contribution in [1.29, 1.82) is 0 Å². The van der Waals surface area contributed by atoms with Crippen molar-refractivity contribution in [3.8, 4) is 10.6 Å². The number of benzene rings is 1. The third-order valence-corrected chi connectivity index (χ3v) is 3.25. The second-order valence-electron chi connectivity index (χ2n) is 3.16. The van der Waals surface area contributed by atoms with Gasteiger partial charge >= 0.3 is 0 Å². The fourth-order valence-corrected chi connectivity index (χ4v) is 2.38. The number of aryl methyl sites for hydroxylation is 1. The van der Waals surface area contributed by atoms with Gasteiger partial charge in [0, 0.05) is 12.3 Å². The molecule has 0 fully saturated rings. The lowest BCUT2D eigenvalue weighted by Crippen LogP contribution is -1.93. The largest absolute Gasteiger partial charge is 0.204 e. The minimum Gasteiger partial charge on any atom is -0.204 e. The standard InChI is InChI=1S/C10H6ClF3N2S/c11-4-3-7-15-16-10(17-7)5-1-2-6(12)9(14)8(5)13/h1-2H,3-4H2. The normalized spacial score (nSPS) is 10.8. The van der Waals surface area contributed by atoms with Crippen LogP contribution in [0.4, 0.5) is 13.2 Å². The van der Waals surface area contributed by atoms with Gasteiger partial charge in [0.1, 0.15) is 5.01 Å². The molecule has 0 bridgehead atoms. The van der Waals surface area contributed by atoms with E-state index in [9.17, 15) is 13.2 Å². The van der Waals surface area contributed by atoms with Gasteiger partial charge in [-0.15, -0.1) is 21.8 Å². The van der Waals surface area contributed by atoms with E-state index in [1.807, 2.05) is 0 Å². The number of aromatic nitrogens is 2. The molecule has 0 unspecified atom stereocenters. The zero-order chi connectivity index (χ0) is 12.4. The fraction of sp³-hybridized carbons (Fsp3) is 0.200. The summed E-state index contributed by atoms with van der Waals surface area (Å²) >= 11 is 6.63. The zero-order valence-electron chi connectivity index (χ0n) is 8.38. The van der Waals surface area contributed by atoms with Crippen LogP contribution in [0.15, 0.2) is 12.1 Å². The van der Waals surface area contributed by atoms with Gasteiger partial charge in [-0.05, 0) is 12.1 Å². The highest BCUT2D eigenvalue weighted by Crippen LogP contribution is 2.28. The van der Waals surface area contributed by atoms with Gasteiger partial charge in [0.15, 0.2) is 22.5 Å². The van der Waals surface area contributed by atoms with E-state index in [0.29, 0.717) is 17.3 Å². The lowest BCUT2D eigenvalue weighted by Gasteiger charge is -1.99. The van der Waals surface area contributed by atoms with E-state index in [-0.39, 0.29) is 10.6 Å². The number of hydrogen-bond acceptors (Lipinski definition) is 3. The van der Waals surface area contributed by atoms with Crippen molar-refractivity contribution < 1.29 is 13.2 Å². The SMILES string of the molecule is Fc1ccc(-c2nnc(CCCl)s2)c(F)c1F. The van der Waals surface area contributed by atoms with Gasteiger partial charge in [-0.25, -0.2) is 13.2 Å². The number of hydrogen-bond donors (Lipinski definition) is 0. The Kier molecular flexibility index (Phi) is 3.63. The van der Waals surface area contributed by atoms with Crippen LogP contribution in [0.1, 0.15) is 5.01 Å². The summed E-state index contributed by atoms with van der Waals surface area (Å²) in [4.78, 5) is 0. The van der Waals surface area contributed by atoms with Gasteiger partial charge in [0.25, 0.3) is 0 Å². The second kappa shape index (κ2) is 5.01. The van der Waals surface area contributed by atoms with Crippen LogP contribution in [0.5, 0.6) is 0 Å². The summed E-state index contributed by atoms with van der Waals surface area (Å²) in [6.45, 7) is 0. The maximum Gasteiger partial charge on any atom is 0.195 e. The summed E-state index contributed by atoms with van der Waals surface area (Å²) in [7, 11) is 0. The molecule has 0 atom stereocenters. The van der Waals surface area contributed by atoms with E-state index in [2.05, 4.69) is 10.2 Å². The number of alkyl halides is 1. The summed E-state index contributed by atoms with van der Waals surface area (Å²) in [5.41, 5.74) is -0.0952. The van der Waals surface area contributed by atoms with E-state index >= 15 is 0 Å². The van der Waals surface area contributed by atoms with E-state index < -0.39 is 17.5 Å². The third-order valence-electron chi connectivity index (χ3n) is 2.04. The molecule has 1 aromatic heterocycles. The Morgan fingerprint density at radius 2 is 1.88 bits per heavy atom. The minimum atomic E-state index is -1.50. The van der Waals surface area contributed by atoms with Crippen molar-refractivity contribution in [2.75, 3.05) is 5.88 Å².